The number of carboxylic acid groups (broad SMARTS) is 2. The highest BCUT2D eigenvalue weighted by Crippen LogP contribution is 2.08. The van der Waals surface area contributed by atoms with Gasteiger partial charge in [-0.3, -0.25) is 19.2 Å². The van der Waals surface area contributed by atoms with E-state index in [0.717, 1.165) is 0 Å². The monoisotopic (exact) mass is 634 g/mol. The fraction of sp³-hybridized carbons (Fsp3) is 0.571. The van der Waals surface area contributed by atoms with E-state index in [1.807, 2.05) is 0 Å². The van der Waals surface area contributed by atoms with Crippen LogP contribution >= 0.6 is 0 Å². The molecule has 0 unspecified atom stereocenters. The van der Waals surface area contributed by atoms with Gasteiger partial charge in [0.05, 0.1) is 37.6 Å². The summed E-state index contributed by atoms with van der Waals surface area (Å²) in [5.74, 6) is -3.97. The van der Waals surface area contributed by atoms with E-state index in [4.69, 9.17) is 30.6 Å². The van der Waals surface area contributed by atoms with Crippen LogP contribution in [0.4, 0.5) is 0 Å². The van der Waals surface area contributed by atoms with Crippen molar-refractivity contribution in [3.05, 3.63) is 35.4 Å². The average Bonchev–Trinajstić information content (AvgIpc) is 3.01. The molecule has 0 aliphatic heterocycles. The number of aliphatic hydroxyl groups excluding tert-OH is 4. The van der Waals surface area contributed by atoms with Crippen LogP contribution < -0.4 is 0 Å². The normalized spacial score (nSPS) is 9.73. The number of carboxylic acids is 2. The Labute approximate surface area is 254 Å². The van der Waals surface area contributed by atoms with Crippen LogP contribution in [-0.2, 0) is 38.1 Å². The number of unbranched alkanes of at least 4 members (excludes halogenated alkanes) is 2. The Kier molecular flexibility index (Phi) is 27.7. The highest BCUT2D eigenvalue weighted by atomic mass is 16.6. The van der Waals surface area contributed by atoms with Gasteiger partial charge in [0.25, 0.3) is 0 Å². The predicted octanol–water partition coefficient (Wildman–Crippen LogP) is 0.319. The third-order valence-electron chi connectivity index (χ3n) is 4.83. The summed E-state index contributed by atoms with van der Waals surface area (Å²) in [6.07, 6.45) is 3.08. The number of hydrogen-bond donors (Lipinski definition) is 6. The van der Waals surface area contributed by atoms with E-state index in [1.54, 1.807) is 0 Å². The van der Waals surface area contributed by atoms with E-state index in [0.29, 0.717) is 25.7 Å². The minimum absolute atomic E-state index is 0.0113. The fourth-order valence-corrected chi connectivity index (χ4v) is 2.86. The zero-order valence-electron chi connectivity index (χ0n) is 24.4. The molecular weight excluding hydrogens is 592 g/mol. The summed E-state index contributed by atoms with van der Waals surface area (Å²) in [5.41, 5.74) is -0.380. The highest BCUT2D eigenvalue weighted by molar-refractivity contribution is 6.01. The van der Waals surface area contributed by atoms with Gasteiger partial charge in [0.1, 0.15) is 26.4 Å². The Morgan fingerprint density at radius 2 is 0.682 bits per heavy atom. The van der Waals surface area contributed by atoms with Gasteiger partial charge in [-0.2, -0.15) is 0 Å². The summed E-state index contributed by atoms with van der Waals surface area (Å²) in [5, 5.41) is 50.6. The van der Waals surface area contributed by atoms with Gasteiger partial charge in [-0.05, 0) is 37.8 Å². The van der Waals surface area contributed by atoms with Crippen LogP contribution in [0.15, 0.2) is 24.3 Å². The molecule has 16 nitrogen and oxygen atoms in total. The number of aliphatic hydroxyl groups is 4. The molecule has 0 aromatic heterocycles. The van der Waals surface area contributed by atoms with Gasteiger partial charge < -0.3 is 49.6 Å². The van der Waals surface area contributed by atoms with Gasteiger partial charge >= 0.3 is 35.8 Å². The zero-order valence-corrected chi connectivity index (χ0v) is 24.4. The van der Waals surface area contributed by atoms with Crippen molar-refractivity contribution in [3.63, 3.8) is 0 Å². The molecule has 0 spiro atoms. The molecular formula is C28H42O16. The van der Waals surface area contributed by atoms with Crippen molar-refractivity contribution < 1.29 is 78.4 Å². The van der Waals surface area contributed by atoms with Gasteiger partial charge in [0, 0.05) is 25.7 Å². The molecule has 0 saturated carbocycles. The minimum atomic E-state index is -1.23. The number of rotatable bonds is 20. The maximum atomic E-state index is 10.9. The number of esters is 4. The van der Waals surface area contributed by atoms with Gasteiger partial charge in [0.2, 0.25) is 0 Å². The number of aromatic carboxylic acids is 2. The zero-order chi connectivity index (χ0) is 33.6. The number of benzene rings is 1. The summed E-state index contributed by atoms with van der Waals surface area (Å²) in [4.78, 5) is 64.7. The number of ether oxygens (including phenoxy) is 4. The Hall–Kier alpha value is -4.12. The number of carbonyl (C=O) groups excluding carboxylic acids is 4. The van der Waals surface area contributed by atoms with Gasteiger partial charge in [-0.25, -0.2) is 9.59 Å². The molecule has 0 aliphatic carbocycles. The molecule has 0 atom stereocenters. The molecule has 0 heterocycles. The second-order valence-corrected chi connectivity index (χ2v) is 8.35. The third-order valence-corrected chi connectivity index (χ3v) is 4.83. The quantitative estimate of drug-likeness (QED) is 0.0640. The molecule has 1 aromatic carbocycles. The maximum Gasteiger partial charge on any atom is 0.336 e. The molecule has 0 saturated heterocycles. The van der Waals surface area contributed by atoms with Crippen LogP contribution in [0, 0.1) is 0 Å². The maximum absolute atomic E-state index is 10.9. The van der Waals surface area contributed by atoms with Crippen LogP contribution in [0.3, 0.4) is 0 Å². The molecule has 0 aliphatic rings. The summed E-state index contributed by atoms with van der Waals surface area (Å²) < 4.78 is 18.5. The molecule has 0 bridgehead atoms. The van der Waals surface area contributed by atoms with E-state index >= 15 is 0 Å². The van der Waals surface area contributed by atoms with Crippen LogP contribution in [-0.4, -0.2) is 119 Å². The fourth-order valence-electron chi connectivity index (χ4n) is 2.86. The Morgan fingerprint density at radius 3 is 0.864 bits per heavy atom. The number of carbonyl (C=O) groups is 6. The van der Waals surface area contributed by atoms with Gasteiger partial charge in [-0.1, -0.05) is 12.1 Å². The highest BCUT2D eigenvalue weighted by Gasteiger charge is 2.13. The first kappa shape index (κ1) is 42.0. The van der Waals surface area contributed by atoms with Crippen molar-refractivity contribution in [1.29, 1.82) is 0 Å². The molecule has 1 rings (SSSR count). The van der Waals surface area contributed by atoms with E-state index < -0.39 is 11.9 Å². The summed E-state index contributed by atoms with van der Waals surface area (Å²) >= 11 is 0. The lowest BCUT2D eigenvalue weighted by molar-refractivity contribution is -0.146. The summed E-state index contributed by atoms with van der Waals surface area (Å²) in [6.45, 7) is -0.680. The van der Waals surface area contributed by atoms with Crippen molar-refractivity contribution in [2.75, 3.05) is 52.9 Å². The van der Waals surface area contributed by atoms with Crippen LogP contribution in [0.25, 0.3) is 0 Å². The molecule has 0 fully saturated rings. The number of hydrogen-bond acceptors (Lipinski definition) is 14. The Morgan fingerprint density at radius 1 is 0.455 bits per heavy atom. The average molecular weight is 635 g/mol. The first-order valence-electron chi connectivity index (χ1n) is 13.6. The molecule has 6 N–H and O–H groups in total. The SMILES string of the molecule is O=C(CCCCC(=O)OCCO)OCCO.O=C(CCCCC(=O)OCCO)OCCO.O=C(O)c1ccccc1C(=O)O. The molecule has 1 aromatic rings. The lowest BCUT2D eigenvalue weighted by atomic mass is 10.1. The first-order valence-corrected chi connectivity index (χ1v) is 13.6. The van der Waals surface area contributed by atoms with E-state index in [1.165, 1.54) is 24.3 Å². The van der Waals surface area contributed by atoms with Crippen molar-refractivity contribution in [1.82, 2.24) is 0 Å². The Balaban J connectivity index is 0. The summed E-state index contributed by atoms with van der Waals surface area (Å²) in [6, 6.07) is 5.48. The Bertz CT molecular complexity index is 857. The molecule has 0 amide bonds. The predicted molar refractivity (Wildman–Crippen MR) is 149 cm³/mol. The smallest absolute Gasteiger partial charge is 0.336 e. The molecule has 250 valence electrons. The van der Waals surface area contributed by atoms with E-state index in [9.17, 15) is 28.8 Å². The van der Waals surface area contributed by atoms with Crippen LogP contribution in [0.1, 0.15) is 72.1 Å². The third kappa shape index (κ3) is 25.6. The molecule has 16 heteroatoms. The van der Waals surface area contributed by atoms with E-state index in [2.05, 4.69) is 18.9 Å². The van der Waals surface area contributed by atoms with Crippen molar-refractivity contribution >= 4 is 35.8 Å². The topological polar surface area (TPSA) is 261 Å². The molecule has 44 heavy (non-hydrogen) atoms. The van der Waals surface area contributed by atoms with Crippen molar-refractivity contribution in [3.8, 4) is 0 Å². The largest absolute Gasteiger partial charge is 0.478 e. The van der Waals surface area contributed by atoms with Crippen molar-refractivity contribution in [2.24, 2.45) is 0 Å². The second-order valence-electron chi connectivity index (χ2n) is 8.35. The van der Waals surface area contributed by atoms with Crippen molar-refractivity contribution in [2.45, 2.75) is 51.4 Å². The van der Waals surface area contributed by atoms with E-state index in [-0.39, 0.29) is 114 Å². The lowest BCUT2D eigenvalue weighted by Crippen LogP contribution is -2.10. The van der Waals surface area contributed by atoms with Crippen LogP contribution in [0.5, 0.6) is 0 Å². The first-order chi connectivity index (χ1) is 21.0. The second kappa shape index (κ2) is 29.0. The van der Waals surface area contributed by atoms with Gasteiger partial charge in [-0.15, -0.1) is 0 Å². The summed E-state index contributed by atoms with van der Waals surface area (Å²) in [7, 11) is 0. The minimum Gasteiger partial charge on any atom is -0.478 e. The standard InChI is InChI=1S/2C10H18O6.C8H6O4/c2*11-5-7-15-9(13)3-1-2-4-10(14)16-8-6-12;9-7(10)5-3-1-2-4-6(5)8(11)12/h2*11-12H,1-8H2;1-4H,(H,9,10)(H,11,12). The molecule has 0 radical (unpaired) electrons. The van der Waals surface area contributed by atoms with Gasteiger partial charge in [0.15, 0.2) is 0 Å². The lowest BCUT2D eigenvalue weighted by Gasteiger charge is -2.03. The van der Waals surface area contributed by atoms with Crippen LogP contribution in [0.2, 0.25) is 0 Å².